The molecule has 0 spiro atoms. The number of carbonyl (C=O) groups excluding carboxylic acids is 1. The van der Waals surface area contributed by atoms with E-state index in [0.29, 0.717) is 17.3 Å². The third-order valence-electron chi connectivity index (χ3n) is 2.63. The molecule has 1 rings (SSSR count). The fourth-order valence-electron chi connectivity index (χ4n) is 1.61. The molecule has 1 aromatic rings. The molecule has 1 heterocycles. The van der Waals surface area contributed by atoms with Gasteiger partial charge in [0.25, 0.3) is 5.91 Å². The molecular weight excluding hydrogens is 380 g/mol. The van der Waals surface area contributed by atoms with Crippen LogP contribution >= 0.6 is 31.9 Å². The van der Waals surface area contributed by atoms with Crippen LogP contribution in [0.5, 0.6) is 0 Å². The zero-order valence-corrected chi connectivity index (χ0v) is 13.7. The number of halogens is 2. The molecule has 0 bridgehead atoms. The number of aliphatic carboxylic acids is 1. The summed E-state index contributed by atoms with van der Waals surface area (Å²) in [6.07, 6.45) is 2.48. The van der Waals surface area contributed by atoms with E-state index in [9.17, 15) is 14.7 Å². The van der Waals surface area contributed by atoms with E-state index >= 15 is 0 Å². The SMILES string of the molecule is CCCC(C)(NC(=O)c1ncc(Br)cc1Br)C(=O)O. The van der Waals surface area contributed by atoms with Crippen LogP contribution in [0.1, 0.15) is 37.2 Å². The molecule has 1 aromatic heterocycles. The number of rotatable bonds is 5. The summed E-state index contributed by atoms with van der Waals surface area (Å²) in [5.41, 5.74) is -1.13. The van der Waals surface area contributed by atoms with Crippen molar-refractivity contribution in [3.63, 3.8) is 0 Å². The monoisotopic (exact) mass is 392 g/mol. The Morgan fingerprint density at radius 3 is 2.58 bits per heavy atom. The highest BCUT2D eigenvalue weighted by Gasteiger charge is 2.34. The number of pyridine rings is 1. The quantitative estimate of drug-likeness (QED) is 0.805. The van der Waals surface area contributed by atoms with Gasteiger partial charge in [0.2, 0.25) is 0 Å². The lowest BCUT2D eigenvalue weighted by molar-refractivity contribution is -0.144. The average molecular weight is 394 g/mol. The van der Waals surface area contributed by atoms with Gasteiger partial charge >= 0.3 is 5.97 Å². The van der Waals surface area contributed by atoms with Crippen molar-refractivity contribution in [3.05, 3.63) is 26.9 Å². The number of nitrogens with zero attached hydrogens (tertiary/aromatic N) is 1. The maximum atomic E-state index is 12.1. The minimum Gasteiger partial charge on any atom is -0.480 e. The number of carbonyl (C=O) groups is 2. The second kappa shape index (κ2) is 6.47. The van der Waals surface area contributed by atoms with Crippen LogP contribution in [-0.2, 0) is 4.79 Å². The van der Waals surface area contributed by atoms with Gasteiger partial charge in [0, 0.05) is 10.7 Å². The van der Waals surface area contributed by atoms with Crippen LogP contribution in [-0.4, -0.2) is 27.5 Å². The molecule has 1 atom stereocenters. The van der Waals surface area contributed by atoms with E-state index in [0.717, 1.165) is 4.47 Å². The smallest absolute Gasteiger partial charge is 0.329 e. The normalized spacial score (nSPS) is 13.7. The number of amides is 1. The molecule has 0 fully saturated rings. The highest BCUT2D eigenvalue weighted by atomic mass is 79.9. The topological polar surface area (TPSA) is 79.3 Å². The van der Waals surface area contributed by atoms with Crippen molar-refractivity contribution in [2.75, 3.05) is 0 Å². The Kier molecular flexibility index (Phi) is 5.49. The molecule has 19 heavy (non-hydrogen) atoms. The molecule has 0 saturated heterocycles. The number of carboxylic acids is 1. The van der Waals surface area contributed by atoms with Crippen molar-refractivity contribution in [1.82, 2.24) is 10.3 Å². The Morgan fingerprint density at radius 1 is 1.47 bits per heavy atom. The summed E-state index contributed by atoms with van der Waals surface area (Å²) in [6, 6.07) is 1.68. The van der Waals surface area contributed by atoms with Crippen LogP contribution in [0.4, 0.5) is 0 Å². The van der Waals surface area contributed by atoms with Gasteiger partial charge in [-0.05, 0) is 51.3 Å². The number of carboxylic acid groups (broad SMARTS) is 1. The lowest BCUT2D eigenvalue weighted by Gasteiger charge is -2.25. The van der Waals surface area contributed by atoms with Crippen molar-refractivity contribution in [2.24, 2.45) is 0 Å². The molecule has 104 valence electrons. The van der Waals surface area contributed by atoms with Gasteiger partial charge in [-0.25, -0.2) is 9.78 Å². The van der Waals surface area contributed by atoms with E-state index in [1.54, 1.807) is 6.07 Å². The maximum absolute atomic E-state index is 12.1. The molecule has 0 saturated carbocycles. The van der Waals surface area contributed by atoms with Crippen molar-refractivity contribution in [3.8, 4) is 0 Å². The Balaban J connectivity index is 2.97. The standard InChI is InChI=1S/C12H14Br2N2O3/c1-3-4-12(2,11(18)19)16-10(17)9-8(14)5-7(13)6-15-9/h5-6H,3-4H2,1-2H3,(H,16,17)(H,18,19). The van der Waals surface area contributed by atoms with Gasteiger partial charge in [-0.2, -0.15) is 0 Å². The molecule has 1 amide bonds. The van der Waals surface area contributed by atoms with Gasteiger partial charge in [0.15, 0.2) is 0 Å². The molecule has 2 N–H and O–H groups in total. The first-order valence-corrected chi connectivity index (χ1v) is 7.25. The number of hydrogen-bond donors (Lipinski definition) is 2. The molecular formula is C12H14Br2N2O3. The summed E-state index contributed by atoms with van der Waals surface area (Å²) in [5.74, 6) is -1.58. The van der Waals surface area contributed by atoms with Crippen molar-refractivity contribution >= 4 is 43.7 Å². The predicted molar refractivity (Wildman–Crippen MR) is 78.1 cm³/mol. The summed E-state index contributed by atoms with van der Waals surface area (Å²) >= 11 is 6.47. The fraction of sp³-hybridized carbons (Fsp3) is 0.417. The Morgan fingerprint density at radius 2 is 2.11 bits per heavy atom. The summed E-state index contributed by atoms with van der Waals surface area (Å²) in [6.45, 7) is 3.35. The van der Waals surface area contributed by atoms with Crippen LogP contribution in [0, 0.1) is 0 Å². The summed E-state index contributed by atoms with van der Waals surface area (Å²) in [7, 11) is 0. The van der Waals surface area contributed by atoms with Gasteiger partial charge in [-0.1, -0.05) is 13.3 Å². The third kappa shape index (κ3) is 4.01. The van der Waals surface area contributed by atoms with Crippen LogP contribution in [0.15, 0.2) is 21.2 Å². The van der Waals surface area contributed by atoms with E-state index in [-0.39, 0.29) is 5.69 Å². The maximum Gasteiger partial charge on any atom is 0.329 e. The first-order valence-electron chi connectivity index (χ1n) is 5.67. The Labute approximate surface area is 128 Å². The Bertz CT molecular complexity index is 508. The van der Waals surface area contributed by atoms with Crippen LogP contribution in [0.2, 0.25) is 0 Å². The first kappa shape index (κ1) is 16.1. The van der Waals surface area contributed by atoms with Gasteiger partial charge in [-0.15, -0.1) is 0 Å². The number of hydrogen-bond acceptors (Lipinski definition) is 3. The first-order chi connectivity index (χ1) is 8.80. The van der Waals surface area contributed by atoms with Gasteiger partial charge < -0.3 is 10.4 Å². The van der Waals surface area contributed by atoms with E-state index in [4.69, 9.17) is 0 Å². The van der Waals surface area contributed by atoms with E-state index in [1.807, 2.05) is 6.92 Å². The second-order valence-corrected chi connectivity index (χ2v) is 6.10. The van der Waals surface area contributed by atoms with E-state index in [1.165, 1.54) is 13.1 Å². The van der Waals surface area contributed by atoms with Gasteiger partial charge in [0.1, 0.15) is 11.2 Å². The zero-order valence-electron chi connectivity index (χ0n) is 10.5. The average Bonchev–Trinajstić information content (AvgIpc) is 2.28. The highest BCUT2D eigenvalue weighted by molar-refractivity contribution is 9.11. The molecule has 5 nitrogen and oxygen atoms in total. The van der Waals surface area contributed by atoms with Gasteiger partial charge in [-0.3, -0.25) is 4.79 Å². The van der Waals surface area contributed by atoms with Crippen molar-refractivity contribution in [1.29, 1.82) is 0 Å². The number of aromatic nitrogens is 1. The summed E-state index contributed by atoms with van der Waals surface area (Å²) in [4.78, 5) is 27.3. The molecule has 7 heteroatoms. The molecule has 0 aliphatic carbocycles. The fourth-order valence-corrected chi connectivity index (χ4v) is 2.78. The van der Waals surface area contributed by atoms with Crippen LogP contribution < -0.4 is 5.32 Å². The van der Waals surface area contributed by atoms with E-state index < -0.39 is 17.4 Å². The highest BCUT2D eigenvalue weighted by Crippen LogP contribution is 2.21. The minimum absolute atomic E-state index is 0.159. The predicted octanol–water partition coefficient (Wildman–Crippen LogP) is 2.98. The lowest BCUT2D eigenvalue weighted by atomic mass is 9.96. The largest absolute Gasteiger partial charge is 0.480 e. The molecule has 0 radical (unpaired) electrons. The second-order valence-electron chi connectivity index (χ2n) is 4.33. The van der Waals surface area contributed by atoms with E-state index in [2.05, 4.69) is 42.2 Å². The minimum atomic E-state index is -1.29. The molecule has 1 unspecified atom stereocenters. The van der Waals surface area contributed by atoms with Gasteiger partial charge in [0.05, 0.1) is 4.47 Å². The van der Waals surface area contributed by atoms with Crippen LogP contribution in [0.3, 0.4) is 0 Å². The number of nitrogens with one attached hydrogen (secondary N) is 1. The molecule has 0 aliphatic rings. The van der Waals surface area contributed by atoms with Crippen molar-refractivity contribution < 1.29 is 14.7 Å². The van der Waals surface area contributed by atoms with Crippen molar-refractivity contribution in [2.45, 2.75) is 32.2 Å². The summed E-state index contributed by atoms with van der Waals surface area (Å²) < 4.78 is 1.23. The molecule has 0 aromatic carbocycles. The lowest BCUT2D eigenvalue weighted by Crippen LogP contribution is -2.52. The summed E-state index contributed by atoms with van der Waals surface area (Å²) in [5, 5.41) is 11.7. The Hall–Kier alpha value is -0.950. The molecule has 0 aliphatic heterocycles. The third-order valence-corrected chi connectivity index (χ3v) is 3.67. The zero-order chi connectivity index (χ0) is 14.6. The van der Waals surface area contributed by atoms with Crippen LogP contribution in [0.25, 0.3) is 0 Å².